The van der Waals surface area contributed by atoms with Gasteiger partial charge in [-0.05, 0) is 25.9 Å². The smallest absolute Gasteiger partial charge is 0.161 e. The number of methoxy groups -OCH3 is 2. The van der Waals surface area contributed by atoms with E-state index < -0.39 is 9.68 Å². The Morgan fingerprint density at radius 2 is 1.54 bits per heavy atom. The first-order valence-corrected chi connectivity index (χ1v) is 6.51. The van der Waals surface area contributed by atoms with Gasteiger partial charge in [0.1, 0.15) is 5.91 Å². The van der Waals surface area contributed by atoms with E-state index in [1.165, 1.54) is 25.9 Å². The lowest BCUT2D eigenvalue weighted by Crippen LogP contribution is -2.39. The molecule has 0 aromatic heterocycles. The zero-order valence-corrected chi connectivity index (χ0v) is 10.8. The van der Waals surface area contributed by atoms with Crippen LogP contribution in [0.2, 0.25) is 0 Å². The van der Waals surface area contributed by atoms with Crippen molar-refractivity contribution in [2.24, 2.45) is 0 Å². The minimum atomic E-state index is -0.394. The highest BCUT2D eigenvalue weighted by Gasteiger charge is 2.11. The third-order valence-electron chi connectivity index (χ3n) is 2.01. The minimum Gasteiger partial charge on any atom is -0.359 e. The van der Waals surface area contributed by atoms with Crippen molar-refractivity contribution in [1.29, 1.82) is 0 Å². The molecule has 0 aromatic rings. The monoisotopic (exact) mass is 205 g/mol. The van der Waals surface area contributed by atoms with Crippen molar-refractivity contribution in [2.75, 3.05) is 27.3 Å². The summed E-state index contributed by atoms with van der Waals surface area (Å²) < 4.78 is 13.0. The maximum atomic E-state index is 5.22. The fourth-order valence-electron chi connectivity index (χ4n) is 1.38. The van der Waals surface area contributed by atoms with Gasteiger partial charge in [-0.1, -0.05) is 13.8 Å². The SMILES string of the molecule is CCCN(CCC)[SiH2]C(OC)OC. The van der Waals surface area contributed by atoms with Gasteiger partial charge in [0.2, 0.25) is 0 Å². The first-order valence-electron chi connectivity index (χ1n) is 5.06. The van der Waals surface area contributed by atoms with Crippen LogP contribution in [0.4, 0.5) is 0 Å². The van der Waals surface area contributed by atoms with E-state index in [4.69, 9.17) is 9.47 Å². The van der Waals surface area contributed by atoms with Gasteiger partial charge >= 0.3 is 0 Å². The maximum Gasteiger partial charge on any atom is 0.161 e. The molecular formula is C9H23NO2Si. The van der Waals surface area contributed by atoms with Crippen LogP contribution < -0.4 is 0 Å². The van der Waals surface area contributed by atoms with Gasteiger partial charge in [0.05, 0.1) is 0 Å². The molecule has 0 rings (SSSR count). The summed E-state index contributed by atoms with van der Waals surface area (Å²) in [5.41, 5.74) is 0. The second-order valence-electron chi connectivity index (χ2n) is 3.20. The second-order valence-corrected chi connectivity index (χ2v) is 5.13. The molecule has 0 aliphatic rings. The predicted molar refractivity (Wildman–Crippen MR) is 58.5 cm³/mol. The minimum absolute atomic E-state index is 0.0538. The van der Waals surface area contributed by atoms with Gasteiger partial charge in [0, 0.05) is 14.2 Å². The molecule has 0 heterocycles. The van der Waals surface area contributed by atoms with Crippen LogP contribution in [0.3, 0.4) is 0 Å². The fraction of sp³-hybridized carbons (Fsp3) is 1.00. The lowest BCUT2D eigenvalue weighted by Gasteiger charge is -2.24. The zero-order valence-electron chi connectivity index (χ0n) is 9.38. The maximum absolute atomic E-state index is 5.22. The summed E-state index contributed by atoms with van der Waals surface area (Å²) >= 11 is 0. The molecule has 0 aliphatic carbocycles. The topological polar surface area (TPSA) is 21.7 Å². The van der Waals surface area contributed by atoms with Crippen molar-refractivity contribution in [1.82, 2.24) is 4.57 Å². The molecule has 4 heteroatoms. The van der Waals surface area contributed by atoms with Crippen LogP contribution in [-0.4, -0.2) is 47.5 Å². The summed E-state index contributed by atoms with van der Waals surface area (Å²) in [5, 5.41) is 0. The molecule has 0 N–H and O–H groups in total. The fourth-order valence-corrected chi connectivity index (χ4v) is 3.10. The van der Waals surface area contributed by atoms with Crippen LogP contribution in [0.1, 0.15) is 26.7 Å². The Kier molecular flexibility index (Phi) is 8.75. The third kappa shape index (κ3) is 6.21. The molecule has 80 valence electrons. The molecular weight excluding hydrogens is 182 g/mol. The molecule has 0 fully saturated rings. The molecule has 13 heavy (non-hydrogen) atoms. The van der Waals surface area contributed by atoms with Crippen molar-refractivity contribution in [3.8, 4) is 0 Å². The van der Waals surface area contributed by atoms with Crippen LogP contribution in [0.25, 0.3) is 0 Å². The Morgan fingerprint density at radius 1 is 1.08 bits per heavy atom. The van der Waals surface area contributed by atoms with E-state index >= 15 is 0 Å². The van der Waals surface area contributed by atoms with Crippen LogP contribution in [0.5, 0.6) is 0 Å². The molecule has 3 nitrogen and oxygen atoms in total. The third-order valence-corrected chi connectivity index (χ3v) is 4.13. The number of hydrogen-bond donors (Lipinski definition) is 0. The number of rotatable bonds is 8. The Bertz CT molecular complexity index is 104. The average Bonchev–Trinajstić information content (AvgIpc) is 2.14. The van der Waals surface area contributed by atoms with E-state index in [0.29, 0.717) is 0 Å². The summed E-state index contributed by atoms with van der Waals surface area (Å²) in [6.07, 6.45) is 2.43. The van der Waals surface area contributed by atoms with Crippen molar-refractivity contribution < 1.29 is 9.47 Å². The largest absolute Gasteiger partial charge is 0.359 e. The number of hydrogen-bond acceptors (Lipinski definition) is 3. The van der Waals surface area contributed by atoms with Gasteiger partial charge in [0.15, 0.2) is 9.68 Å². The van der Waals surface area contributed by atoms with E-state index in [2.05, 4.69) is 18.4 Å². The molecule has 0 atom stereocenters. The van der Waals surface area contributed by atoms with Gasteiger partial charge in [-0.25, -0.2) is 0 Å². The average molecular weight is 205 g/mol. The molecule has 0 aliphatic heterocycles. The predicted octanol–water partition coefficient (Wildman–Crippen LogP) is 0.769. The Hall–Kier alpha value is 0.0969. The Balaban J connectivity index is 3.76. The summed E-state index contributed by atoms with van der Waals surface area (Å²) in [6.45, 7) is 6.80. The van der Waals surface area contributed by atoms with Crippen LogP contribution in [0, 0.1) is 0 Å². The molecule has 0 bridgehead atoms. The van der Waals surface area contributed by atoms with Crippen molar-refractivity contribution in [3.05, 3.63) is 0 Å². The molecule has 0 saturated heterocycles. The van der Waals surface area contributed by atoms with Gasteiger partial charge < -0.3 is 14.0 Å². The van der Waals surface area contributed by atoms with Crippen molar-refractivity contribution in [2.45, 2.75) is 32.6 Å². The van der Waals surface area contributed by atoms with Gasteiger partial charge in [-0.15, -0.1) is 0 Å². The quantitative estimate of drug-likeness (QED) is 0.431. The highest BCUT2D eigenvalue weighted by atomic mass is 28.2. The van der Waals surface area contributed by atoms with E-state index in [0.717, 1.165) is 0 Å². The lowest BCUT2D eigenvalue weighted by atomic mass is 10.4. The van der Waals surface area contributed by atoms with E-state index in [9.17, 15) is 0 Å². The first-order chi connectivity index (χ1) is 6.28. The van der Waals surface area contributed by atoms with E-state index in [-0.39, 0.29) is 5.91 Å². The molecule has 0 radical (unpaired) electrons. The van der Waals surface area contributed by atoms with Crippen molar-refractivity contribution >= 4 is 9.68 Å². The summed E-state index contributed by atoms with van der Waals surface area (Å²) in [7, 11) is 3.05. The van der Waals surface area contributed by atoms with E-state index in [1.807, 2.05) is 0 Å². The molecule has 0 spiro atoms. The van der Waals surface area contributed by atoms with Gasteiger partial charge in [0.25, 0.3) is 0 Å². The van der Waals surface area contributed by atoms with E-state index in [1.54, 1.807) is 14.2 Å². The van der Waals surface area contributed by atoms with Gasteiger partial charge in [-0.2, -0.15) is 0 Å². The van der Waals surface area contributed by atoms with Crippen LogP contribution in [-0.2, 0) is 9.47 Å². The van der Waals surface area contributed by atoms with Gasteiger partial charge in [-0.3, -0.25) is 0 Å². The highest BCUT2D eigenvalue weighted by molar-refractivity contribution is 6.33. The van der Waals surface area contributed by atoms with Crippen LogP contribution in [0.15, 0.2) is 0 Å². The normalized spacial score (nSPS) is 12.5. The van der Waals surface area contributed by atoms with Crippen LogP contribution >= 0.6 is 0 Å². The highest BCUT2D eigenvalue weighted by Crippen LogP contribution is 1.97. The summed E-state index contributed by atoms with van der Waals surface area (Å²) in [5.74, 6) is 0.0538. The summed E-state index contributed by atoms with van der Waals surface area (Å²) in [6, 6.07) is 0. The Labute approximate surface area is 84.3 Å². The molecule has 0 saturated carbocycles. The number of ether oxygens (including phenoxy) is 2. The molecule has 0 amide bonds. The standard InChI is InChI=1S/C9H23NO2Si/c1-5-7-10(8-6-2)13-9(11-3)12-4/h9H,5-8,13H2,1-4H3. The molecule has 0 aromatic carbocycles. The Morgan fingerprint density at radius 3 is 1.85 bits per heavy atom. The first kappa shape index (κ1) is 13.1. The number of nitrogens with zero attached hydrogens (tertiary/aromatic N) is 1. The molecule has 0 unspecified atom stereocenters. The van der Waals surface area contributed by atoms with Crippen molar-refractivity contribution in [3.63, 3.8) is 0 Å². The lowest BCUT2D eigenvalue weighted by molar-refractivity contribution is -0.0483. The second kappa shape index (κ2) is 8.68. The zero-order chi connectivity index (χ0) is 10.1. The summed E-state index contributed by atoms with van der Waals surface area (Å²) in [4.78, 5) is 0.